The van der Waals surface area contributed by atoms with Crippen LogP contribution in [0.25, 0.3) is 0 Å². The van der Waals surface area contributed by atoms with E-state index in [1.165, 1.54) is 13.3 Å². The van der Waals surface area contributed by atoms with Gasteiger partial charge in [-0.1, -0.05) is 0 Å². The van der Waals surface area contributed by atoms with Crippen LogP contribution in [0.4, 0.5) is 0 Å². The number of amides is 2. The Balaban J connectivity index is 2.62. The van der Waals surface area contributed by atoms with E-state index < -0.39 is 36.2 Å². The standard InChI is InChI=1S/C13H12NO6.3C4H9.Sn/c1-18-8-3-4-9(10(7-8)19-2)13(17)20-14-11(15)5-6-12(14)16;3*1-3-4-2;/h3-4H,5-6H2,1-2H3;3*1,3-4H2,2H3;. The summed E-state index contributed by atoms with van der Waals surface area (Å²) in [6.07, 6.45) is 6.88. The van der Waals surface area contributed by atoms with E-state index in [2.05, 4.69) is 20.8 Å². The van der Waals surface area contributed by atoms with Gasteiger partial charge in [0.25, 0.3) is 0 Å². The second kappa shape index (κ2) is 13.2. The van der Waals surface area contributed by atoms with Gasteiger partial charge in [0, 0.05) is 0 Å². The first-order valence-corrected chi connectivity index (χ1v) is 19.7. The first-order chi connectivity index (χ1) is 15.9. The second-order valence-electron chi connectivity index (χ2n) is 8.78. The fourth-order valence-corrected chi connectivity index (χ4v) is 21.9. The summed E-state index contributed by atoms with van der Waals surface area (Å²) in [5.41, 5.74) is 0.242. The van der Waals surface area contributed by atoms with Crippen molar-refractivity contribution in [1.82, 2.24) is 5.06 Å². The van der Waals surface area contributed by atoms with Crippen LogP contribution in [-0.4, -0.2) is 55.4 Å². The zero-order valence-corrected chi connectivity index (χ0v) is 23.7. The van der Waals surface area contributed by atoms with Crippen LogP contribution < -0.4 is 13.1 Å². The number of hydrogen-bond donors (Lipinski definition) is 0. The molecule has 1 saturated heterocycles. The van der Waals surface area contributed by atoms with Gasteiger partial charge in [-0.2, -0.15) is 0 Å². The number of benzene rings is 1. The molecular weight excluding hydrogens is 529 g/mol. The molecule has 0 aromatic heterocycles. The average molecular weight is 568 g/mol. The molecule has 0 atom stereocenters. The van der Waals surface area contributed by atoms with Gasteiger partial charge in [-0.3, -0.25) is 0 Å². The molecule has 1 fully saturated rings. The Bertz CT molecular complexity index is 803. The Morgan fingerprint density at radius 1 is 0.879 bits per heavy atom. The summed E-state index contributed by atoms with van der Waals surface area (Å²) in [5.74, 6) is -0.471. The van der Waals surface area contributed by atoms with Gasteiger partial charge in [0.1, 0.15) is 0 Å². The third kappa shape index (κ3) is 6.43. The molecule has 0 unspecified atom stereocenters. The van der Waals surface area contributed by atoms with Crippen molar-refractivity contribution in [3.8, 4) is 11.5 Å². The minimum atomic E-state index is -3.09. The molecule has 1 aromatic carbocycles. The number of carbonyl (C=O) groups is 3. The van der Waals surface area contributed by atoms with Gasteiger partial charge in [-0.15, -0.1) is 0 Å². The molecule has 1 aromatic rings. The molecule has 33 heavy (non-hydrogen) atoms. The Labute approximate surface area is 202 Å². The second-order valence-corrected chi connectivity index (χ2v) is 21.8. The minimum absolute atomic E-state index is 0.0573. The zero-order valence-electron chi connectivity index (χ0n) is 20.8. The van der Waals surface area contributed by atoms with E-state index in [9.17, 15) is 14.4 Å². The maximum absolute atomic E-state index is 13.1. The number of methoxy groups -OCH3 is 2. The molecule has 1 aliphatic rings. The van der Waals surface area contributed by atoms with Crippen LogP contribution >= 0.6 is 0 Å². The fourth-order valence-electron chi connectivity index (χ4n) is 4.70. The first-order valence-electron chi connectivity index (χ1n) is 12.2. The molecule has 2 amide bonds. The zero-order chi connectivity index (χ0) is 24.4. The van der Waals surface area contributed by atoms with Crippen LogP contribution in [0, 0.1) is 0 Å². The number of hydrogen-bond acceptors (Lipinski definition) is 6. The number of unbranched alkanes of at least 4 members (excludes halogenated alkanes) is 3. The van der Waals surface area contributed by atoms with Crippen molar-refractivity contribution in [3.05, 3.63) is 17.7 Å². The molecule has 0 bridgehead atoms. The van der Waals surface area contributed by atoms with Crippen molar-refractivity contribution in [2.24, 2.45) is 0 Å². The summed E-state index contributed by atoms with van der Waals surface area (Å²) in [7, 11) is 3.23. The molecular formula is C25H39NO6Sn. The van der Waals surface area contributed by atoms with Crippen molar-refractivity contribution in [3.63, 3.8) is 0 Å². The Hall–Kier alpha value is -1.77. The van der Waals surface area contributed by atoms with Gasteiger partial charge in [0.05, 0.1) is 0 Å². The maximum atomic E-state index is 13.1. The van der Waals surface area contributed by atoms with Gasteiger partial charge < -0.3 is 0 Å². The SMILES string of the molecule is CCC[CH2][Sn]([CH2]CCC)([CH2]CCC)[c]1c(OC)ccc(C(=O)ON2C(=O)CCC2=O)c1OC. The number of ether oxygens (including phenoxy) is 2. The van der Waals surface area contributed by atoms with E-state index in [0.717, 1.165) is 47.9 Å². The van der Waals surface area contributed by atoms with E-state index >= 15 is 0 Å². The summed E-state index contributed by atoms with van der Waals surface area (Å²) in [5, 5.41) is 0.591. The fraction of sp³-hybridized carbons (Fsp3) is 0.640. The summed E-state index contributed by atoms with van der Waals surface area (Å²) in [6.45, 7) is 6.63. The van der Waals surface area contributed by atoms with Crippen molar-refractivity contribution in [2.45, 2.75) is 85.4 Å². The van der Waals surface area contributed by atoms with Crippen molar-refractivity contribution in [1.29, 1.82) is 0 Å². The predicted octanol–water partition coefficient (Wildman–Crippen LogP) is 4.98. The molecule has 184 valence electrons. The van der Waals surface area contributed by atoms with Crippen molar-refractivity contribution >= 4 is 39.7 Å². The molecule has 0 aliphatic carbocycles. The molecule has 0 radical (unpaired) electrons. The number of hydroxylamine groups is 2. The monoisotopic (exact) mass is 569 g/mol. The van der Waals surface area contributed by atoms with Gasteiger partial charge in [0.15, 0.2) is 0 Å². The first kappa shape index (κ1) is 27.5. The molecule has 1 aliphatic heterocycles. The number of carbonyl (C=O) groups excluding carboxylic acids is 3. The Kier molecular flexibility index (Phi) is 11.0. The molecule has 7 nitrogen and oxygen atoms in total. The number of imide groups is 1. The average Bonchev–Trinajstić information content (AvgIpc) is 3.14. The third-order valence-corrected chi connectivity index (χ3v) is 22.1. The van der Waals surface area contributed by atoms with Crippen LogP contribution in [0.15, 0.2) is 12.1 Å². The van der Waals surface area contributed by atoms with E-state index in [4.69, 9.17) is 14.3 Å². The van der Waals surface area contributed by atoms with Gasteiger partial charge in [-0.25, -0.2) is 0 Å². The Morgan fingerprint density at radius 3 is 1.82 bits per heavy atom. The summed E-state index contributed by atoms with van der Waals surface area (Å²) >= 11 is -3.09. The van der Waals surface area contributed by atoms with Crippen LogP contribution in [-0.2, 0) is 14.4 Å². The van der Waals surface area contributed by atoms with E-state index in [-0.39, 0.29) is 18.4 Å². The summed E-state index contributed by atoms with van der Waals surface area (Å²) in [4.78, 5) is 42.3. The van der Waals surface area contributed by atoms with Crippen LogP contribution in [0.5, 0.6) is 11.5 Å². The number of nitrogens with zero attached hydrogens (tertiary/aromatic N) is 1. The Morgan fingerprint density at radius 2 is 1.39 bits per heavy atom. The van der Waals surface area contributed by atoms with E-state index in [1.807, 2.05) is 6.07 Å². The van der Waals surface area contributed by atoms with Gasteiger partial charge in [-0.05, 0) is 0 Å². The summed E-state index contributed by atoms with van der Waals surface area (Å²) < 4.78 is 16.3. The quantitative estimate of drug-likeness (QED) is 0.233. The van der Waals surface area contributed by atoms with E-state index in [1.54, 1.807) is 20.3 Å². The molecule has 8 heteroatoms. The number of rotatable bonds is 14. The van der Waals surface area contributed by atoms with E-state index in [0.29, 0.717) is 10.8 Å². The molecule has 2 rings (SSSR count). The third-order valence-electron chi connectivity index (χ3n) is 6.50. The molecule has 0 spiro atoms. The van der Waals surface area contributed by atoms with Crippen LogP contribution in [0.1, 0.15) is 82.5 Å². The van der Waals surface area contributed by atoms with Crippen molar-refractivity contribution in [2.75, 3.05) is 14.2 Å². The molecule has 1 heterocycles. The predicted molar refractivity (Wildman–Crippen MR) is 131 cm³/mol. The topological polar surface area (TPSA) is 82.1 Å². The molecule has 0 N–H and O–H groups in total. The van der Waals surface area contributed by atoms with Crippen LogP contribution in [0.3, 0.4) is 0 Å². The van der Waals surface area contributed by atoms with Crippen LogP contribution in [0.2, 0.25) is 13.3 Å². The molecule has 0 saturated carbocycles. The van der Waals surface area contributed by atoms with Gasteiger partial charge >= 0.3 is 202 Å². The van der Waals surface area contributed by atoms with Gasteiger partial charge in [0.2, 0.25) is 0 Å². The van der Waals surface area contributed by atoms with Crippen molar-refractivity contribution < 1.29 is 28.7 Å². The summed E-state index contributed by atoms with van der Waals surface area (Å²) in [6, 6.07) is 3.43. The normalized spacial score (nSPS) is 14.0.